The number of hydrogen-bond donors (Lipinski definition) is 1. The van der Waals surface area contributed by atoms with Gasteiger partial charge in [-0.25, -0.2) is 22.9 Å². The predicted molar refractivity (Wildman–Crippen MR) is 69.1 cm³/mol. The van der Waals surface area contributed by atoms with Gasteiger partial charge < -0.3 is 5.11 Å². The Hall–Kier alpha value is -1.74. The van der Waals surface area contributed by atoms with Gasteiger partial charge in [0, 0.05) is 23.1 Å². The van der Waals surface area contributed by atoms with Crippen molar-refractivity contribution in [3.63, 3.8) is 0 Å². The first-order chi connectivity index (χ1) is 8.79. The summed E-state index contributed by atoms with van der Waals surface area (Å²) in [5.41, 5.74) is -0.0388. The summed E-state index contributed by atoms with van der Waals surface area (Å²) in [6.07, 6.45) is 4.78. The average molecular weight is 346 g/mol. The van der Waals surface area contributed by atoms with Crippen LogP contribution in [0.2, 0.25) is 0 Å². The van der Waals surface area contributed by atoms with Gasteiger partial charge in [-0.3, -0.25) is 0 Å². The fourth-order valence-electron chi connectivity index (χ4n) is 1.40. The molecule has 9 heteroatoms. The molecule has 19 heavy (non-hydrogen) atoms. The monoisotopic (exact) mass is 345 g/mol. The molecule has 2 heterocycles. The van der Waals surface area contributed by atoms with Crippen LogP contribution in [0, 0.1) is 0 Å². The van der Waals surface area contributed by atoms with Crippen LogP contribution in [0.4, 0.5) is 0 Å². The molecule has 0 spiro atoms. The SMILES string of the molecule is CS(=O)(=O)c1cnn(-c2cc(Br)cnc2C(=O)O)c1. The summed E-state index contributed by atoms with van der Waals surface area (Å²) < 4.78 is 24.5. The largest absolute Gasteiger partial charge is 0.476 e. The van der Waals surface area contributed by atoms with E-state index in [-0.39, 0.29) is 16.3 Å². The Morgan fingerprint density at radius 1 is 1.42 bits per heavy atom. The minimum absolute atomic E-state index is 0.00353. The normalized spacial score (nSPS) is 11.5. The van der Waals surface area contributed by atoms with Crippen molar-refractivity contribution in [2.24, 2.45) is 0 Å². The Morgan fingerprint density at radius 2 is 2.11 bits per heavy atom. The number of halogens is 1. The van der Waals surface area contributed by atoms with Crippen LogP contribution in [0.25, 0.3) is 5.69 Å². The summed E-state index contributed by atoms with van der Waals surface area (Å²) in [7, 11) is -3.40. The fourth-order valence-corrected chi connectivity index (χ4v) is 2.25. The molecule has 0 unspecified atom stereocenters. The maximum absolute atomic E-state index is 11.4. The number of pyridine rings is 1. The zero-order valence-corrected chi connectivity index (χ0v) is 12.0. The van der Waals surface area contributed by atoms with Gasteiger partial charge >= 0.3 is 5.97 Å². The zero-order chi connectivity index (χ0) is 14.2. The molecule has 0 fully saturated rings. The molecule has 0 amide bonds. The summed E-state index contributed by atoms with van der Waals surface area (Å²) in [5, 5.41) is 12.9. The van der Waals surface area contributed by atoms with E-state index < -0.39 is 15.8 Å². The minimum Gasteiger partial charge on any atom is -0.476 e. The van der Waals surface area contributed by atoms with E-state index in [9.17, 15) is 13.2 Å². The van der Waals surface area contributed by atoms with E-state index in [2.05, 4.69) is 26.0 Å². The van der Waals surface area contributed by atoms with Crippen LogP contribution in [-0.4, -0.2) is 40.5 Å². The zero-order valence-electron chi connectivity index (χ0n) is 9.61. The maximum atomic E-state index is 11.4. The van der Waals surface area contributed by atoms with Gasteiger partial charge in [-0.15, -0.1) is 0 Å². The van der Waals surface area contributed by atoms with Gasteiger partial charge in [0.25, 0.3) is 0 Å². The van der Waals surface area contributed by atoms with E-state index in [1.807, 2.05) is 0 Å². The molecule has 0 saturated carbocycles. The minimum atomic E-state index is -3.40. The van der Waals surface area contributed by atoms with E-state index in [4.69, 9.17) is 5.11 Å². The standard InChI is InChI=1S/C10H8BrN3O4S/c1-19(17,18)7-4-13-14(5-7)8-2-6(11)3-12-9(8)10(15)16/h2-5H,1H3,(H,15,16). The number of carbonyl (C=O) groups is 1. The lowest BCUT2D eigenvalue weighted by atomic mass is 10.3. The topological polar surface area (TPSA) is 102 Å². The van der Waals surface area contributed by atoms with Crippen molar-refractivity contribution in [2.75, 3.05) is 6.26 Å². The molecule has 0 aromatic carbocycles. The highest BCUT2D eigenvalue weighted by atomic mass is 79.9. The van der Waals surface area contributed by atoms with Crippen LogP contribution in [-0.2, 0) is 9.84 Å². The molecular weight excluding hydrogens is 338 g/mol. The van der Waals surface area contributed by atoms with Crippen LogP contribution in [0.5, 0.6) is 0 Å². The molecule has 0 aliphatic heterocycles. The van der Waals surface area contributed by atoms with Crippen LogP contribution < -0.4 is 0 Å². The summed E-state index contributed by atoms with van der Waals surface area (Å²) in [4.78, 5) is 14.8. The lowest BCUT2D eigenvalue weighted by Gasteiger charge is -2.05. The van der Waals surface area contributed by atoms with Crippen LogP contribution in [0.15, 0.2) is 34.0 Å². The summed E-state index contributed by atoms with van der Waals surface area (Å²) in [6.45, 7) is 0. The third-order valence-electron chi connectivity index (χ3n) is 2.27. The number of rotatable bonds is 3. The highest BCUT2D eigenvalue weighted by molar-refractivity contribution is 9.10. The first-order valence-electron chi connectivity index (χ1n) is 4.93. The lowest BCUT2D eigenvalue weighted by Crippen LogP contribution is -2.08. The van der Waals surface area contributed by atoms with E-state index >= 15 is 0 Å². The second-order valence-corrected chi connectivity index (χ2v) is 6.65. The van der Waals surface area contributed by atoms with Crippen molar-refractivity contribution in [3.05, 3.63) is 34.8 Å². The van der Waals surface area contributed by atoms with E-state index in [0.29, 0.717) is 4.47 Å². The van der Waals surface area contributed by atoms with Crippen LogP contribution in [0.1, 0.15) is 10.5 Å². The van der Waals surface area contributed by atoms with Crippen molar-refractivity contribution < 1.29 is 18.3 Å². The Morgan fingerprint density at radius 3 is 2.63 bits per heavy atom. The van der Waals surface area contributed by atoms with Gasteiger partial charge in [0.2, 0.25) is 0 Å². The molecule has 2 rings (SSSR count). The van der Waals surface area contributed by atoms with Gasteiger partial charge in [0.1, 0.15) is 4.90 Å². The van der Waals surface area contributed by atoms with Gasteiger partial charge in [0.15, 0.2) is 15.5 Å². The Kier molecular flexibility index (Phi) is 3.42. The number of aromatic nitrogens is 3. The Balaban J connectivity index is 2.62. The van der Waals surface area contributed by atoms with Crippen molar-refractivity contribution in [2.45, 2.75) is 4.90 Å². The third kappa shape index (κ3) is 2.82. The second kappa shape index (κ2) is 4.74. The highest BCUT2D eigenvalue weighted by Gasteiger charge is 2.17. The Bertz CT molecular complexity index is 754. The van der Waals surface area contributed by atoms with Gasteiger partial charge in [-0.1, -0.05) is 0 Å². The Labute approximate surface area is 116 Å². The summed E-state index contributed by atoms with van der Waals surface area (Å²) >= 11 is 3.17. The fraction of sp³-hybridized carbons (Fsp3) is 0.100. The van der Waals surface area contributed by atoms with Gasteiger partial charge in [-0.2, -0.15) is 5.10 Å². The third-order valence-corrected chi connectivity index (χ3v) is 3.77. The molecule has 0 radical (unpaired) electrons. The van der Waals surface area contributed by atoms with E-state index in [0.717, 1.165) is 17.1 Å². The molecule has 0 saturated heterocycles. The molecule has 2 aromatic heterocycles. The van der Waals surface area contributed by atoms with Crippen molar-refractivity contribution in [1.29, 1.82) is 0 Å². The molecule has 7 nitrogen and oxygen atoms in total. The molecule has 2 aromatic rings. The smallest absolute Gasteiger partial charge is 0.356 e. The van der Waals surface area contributed by atoms with Gasteiger partial charge in [-0.05, 0) is 22.0 Å². The first kappa shape index (κ1) is 13.7. The van der Waals surface area contributed by atoms with E-state index in [1.54, 1.807) is 0 Å². The summed E-state index contributed by atoms with van der Waals surface area (Å²) in [5.74, 6) is -1.22. The molecule has 0 atom stereocenters. The van der Waals surface area contributed by atoms with E-state index in [1.165, 1.54) is 18.5 Å². The molecule has 0 aliphatic rings. The predicted octanol–water partition coefficient (Wildman–Crippen LogP) is 1.13. The number of hydrogen-bond acceptors (Lipinski definition) is 5. The van der Waals surface area contributed by atoms with Crippen molar-refractivity contribution in [3.8, 4) is 5.69 Å². The quantitative estimate of drug-likeness (QED) is 0.894. The van der Waals surface area contributed by atoms with Gasteiger partial charge in [0.05, 0.1) is 11.9 Å². The highest BCUT2D eigenvalue weighted by Crippen LogP contribution is 2.19. The molecule has 0 bridgehead atoms. The molecule has 100 valence electrons. The number of aromatic carboxylic acids is 1. The number of sulfone groups is 1. The second-order valence-electron chi connectivity index (χ2n) is 3.72. The molecular formula is C10H8BrN3O4S. The van der Waals surface area contributed by atoms with Crippen molar-refractivity contribution >= 4 is 31.7 Å². The average Bonchev–Trinajstić information content (AvgIpc) is 2.77. The first-order valence-corrected chi connectivity index (χ1v) is 7.61. The van der Waals surface area contributed by atoms with Crippen LogP contribution in [0.3, 0.4) is 0 Å². The lowest BCUT2D eigenvalue weighted by molar-refractivity contribution is 0.0690. The maximum Gasteiger partial charge on any atom is 0.356 e. The van der Waals surface area contributed by atoms with Crippen LogP contribution >= 0.6 is 15.9 Å². The van der Waals surface area contributed by atoms with Crippen molar-refractivity contribution in [1.82, 2.24) is 14.8 Å². The molecule has 1 N–H and O–H groups in total. The molecule has 0 aliphatic carbocycles. The summed E-state index contributed by atoms with van der Waals surface area (Å²) in [6, 6.07) is 1.50. The number of carboxylic acids is 1. The number of nitrogens with zero attached hydrogens (tertiary/aromatic N) is 3. The number of carboxylic acid groups (broad SMARTS) is 1.